The number of thioether (sulfide) groups is 1. The molecule has 6 heteroatoms. The number of benzene rings is 1. The maximum atomic E-state index is 12.2. The van der Waals surface area contributed by atoms with Crippen molar-refractivity contribution in [2.45, 2.75) is 31.5 Å². The molecule has 0 aliphatic heterocycles. The van der Waals surface area contributed by atoms with Gasteiger partial charge in [-0.2, -0.15) is 0 Å². The largest absolute Gasteiger partial charge is 0.365 e. The summed E-state index contributed by atoms with van der Waals surface area (Å²) in [6.45, 7) is 4.64. The quantitative estimate of drug-likeness (QED) is 0.824. The molecule has 2 aromatic rings. The Morgan fingerprint density at radius 1 is 1.17 bits per heavy atom. The molecule has 0 bridgehead atoms. The lowest BCUT2D eigenvalue weighted by Crippen LogP contribution is -2.32. The number of rotatable bonds is 6. The third-order valence-electron chi connectivity index (χ3n) is 3.62. The zero-order valence-electron chi connectivity index (χ0n) is 13.9. The minimum Gasteiger partial charge on any atom is -0.365 e. The van der Waals surface area contributed by atoms with Gasteiger partial charge in [0.05, 0.1) is 0 Å². The summed E-state index contributed by atoms with van der Waals surface area (Å²) < 4.78 is 0. The van der Waals surface area contributed by atoms with Gasteiger partial charge in [-0.15, -0.1) is 22.0 Å². The lowest BCUT2D eigenvalue weighted by molar-refractivity contribution is 0.0755. The van der Waals surface area contributed by atoms with E-state index >= 15 is 0 Å². The number of anilines is 1. The van der Waals surface area contributed by atoms with Crippen molar-refractivity contribution in [1.82, 2.24) is 15.1 Å². The molecule has 0 radical (unpaired) electrons. The molecule has 122 valence electrons. The van der Waals surface area contributed by atoms with Gasteiger partial charge < -0.3 is 10.2 Å². The molecular formula is C17H22N4OS. The Bertz CT molecular complexity index is 641. The van der Waals surface area contributed by atoms with Crippen LogP contribution >= 0.6 is 11.8 Å². The summed E-state index contributed by atoms with van der Waals surface area (Å²) in [7, 11) is 1.82. The third kappa shape index (κ3) is 4.69. The van der Waals surface area contributed by atoms with Crippen LogP contribution in [-0.4, -0.2) is 40.3 Å². The standard InChI is InChI=1S/C17H22N4OS/c1-12(2)21(3)17(22)14-7-5-13(6-8-14)11-18-15-9-10-16(23-4)20-19-15/h5-10,12H,11H2,1-4H3,(H,18,19). The lowest BCUT2D eigenvalue weighted by atomic mass is 10.1. The number of hydrogen-bond donors (Lipinski definition) is 1. The van der Waals surface area contributed by atoms with Crippen LogP contribution in [0.2, 0.25) is 0 Å². The minimum atomic E-state index is 0.0398. The van der Waals surface area contributed by atoms with E-state index in [2.05, 4.69) is 15.5 Å². The van der Waals surface area contributed by atoms with E-state index in [9.17, 15) is 4.79 Å². The summed E-state index contributed by atoms with van der Waals surface area (Å²) in [6.07, 6.45) is 1.97. The highest BCUT2D eigenvalue weighted by Gasteiger charge is 2.13. The Kier molecular flexibility index (Phi) is 5.98. The SMILES string of the molecule is CSc1ccc(NCc2ccc(C(=O)N(C)C(C)C)cc2)nn1. The topological polar surface area (TPSA) is 58.1 Å². The number of nitrogens with zero attached hydrogens (tertiary/aromatic N) is 3. The van der Waals surface area contributed by atoms with Gasteiger partial charge in [0.1, 0.15) is 10.8 Å². The maximum absolute atomic E-state index is 12.2. The Morgan fingerprint density at radius 2 is 1.87 bits per heavy atom. The molecule has 5 nitrogen and oxygen atoms in total. The predicted molar refractivity (Wildman–Crippen MR) is 94.8 cm³/mol. The first-order valence-corrected chi connectivity index (χ1v) is 8.71. The highest BCUT2D eigenvalue weighted by atomic mass is 32.2. The summed E-state index contributed by atoms with van der Waals surface area (Å²) >= 11 is 1.56. The second kappa shape index (κ2) is 7.97. The fourth-order valence-electron chi connectivity index (χ4n) is 1.92. The molecule has 0 aliphatic carbocycles. The molecule has 1 amide bonds. The first-order chi connectivity index (χ1) is 11.0. The second-order valence-electron chi connectivity index (χ2n) is 5.52. The molecule has 1 N–H and O–H groups in total. The summed E-state index contributed by atoms with van der Waals surface area (Å²) in [5.41, 5.74) is 1.79. The van der Waals surface area contributed by atoms with Crippen LogP contribution in [0, 0.1) is 0 Å². The van der Waals surface area contributed by atoms with Crippen LogP contribution in [-0.2, 0) is 6.54 Å². The zero-order chi connectivity index (χ0) is 16.8. The van der Waals surface area contributed by atoms with Crippen molar-refractivity contribution in [3.63, 3.8) is 0 Å². The van der Waals surface area contributed by atoms with E-state index in [1.54, 1.807) is 16.7 Å². The molecule has 0 saturated carbocycles. The van der Waals surface area contributed by atoms with Gasteiger partial charge in [-0.1, -0.05) is 12.1 Å². The van der Waals surface area contributed by atoms with Crippen LogP contribution < -0.4 is 5.32 Å². The molecule has 23 heavy (non-hydrogen) atoms. The van der Waals surface area contributed by atoms with Gasteiger partial charge >= 0.3 is 0 Å². The number of hydrogen-bond acceptors (Lipinski definition) is 5. The van der Waals surface area contributed by atoms with Crippen molar-refractivity contribution in [3.8, 4) is 0 Å². The third-order valence-corrected chi connectivity index (χ3v) is 4.25. The van der Waals surface area contributed by atoms with Crippen LogP contribution in [0.25, 0.3) is 0 Å². The molecule has 1 aromatic carbocycles. The van der Waals surface area contributed by atoms with Gasteiger partial charge in [0.15, 0.2) is 0 Å². The highest BCUT2D eigenvalue weighted by Crippen LogP contribution is 2.13. The van der Waals surface area contributed by atoms with E-state index in [0.717, 1.165) is 16.4 Å². The first kappa shape index (κ1) is 17.3. The number of carbonyl (C=O) groups excluding carboxylic acids is 1. The normalized spacial score (nSPS) is 10.7. The number of aromatic nitrogens is 2. The lowest BCUT2D eigenvalue weighted by Gasteiger charge is -2.21. The fourth-order valence-corrected chi connectivity index (χ4v) is 2.25. The van der Waals surface area contributed by atoms with Crippen molar-refractivity contribution < 1.29 is 4.79 Å². The van der Waals surface area contributed by atoms with Crippen molar-refractivity contribution >= 4 is 23.5 Å². The van der Waals surface area contributed by atoms with Crippen molar-refractivity contribution in [1.29, 1.82) is 0 Å². The van der Waals surface area contributed by atoms with Crippen LogP contribution in [0.4, 0.5) is 5.82 Å². The fraction of sp³-hybridized carbons (Fsp3) is 0.353. The second-order valence-corrected chi connectivity index (χ2v) is 6.35. The van der Waals surface area contributed by atoms with Gasteiger partial charge in [0.2, 0.25) is 0 Å². The molecule has 0 fully saturated rings. The molecule has 1 heterocycles. The van der Waals surface area contributed by atoms with E-state index in [4.69, 9.17) is 0 Å². The van der Waals surface area contributed by atoms with Gasteiger partial charge in [0.25, 0.3) is 5.91 Å². The summed E-state index contributed by atoms with van der Waals surface area (Å²) in [6, 6.07) is 11.7. The van der Waals surface area contributed by atoms with Crippen LogP contribution in [0.1, 0.15) is 29.8 Å². The molecular weight excluding hydrogens is 308 g/mol. The monoisotopic (exact) mass is 330 g/mol. The van der Waals surface area contributed by atoms with Gasteiger partial charge in [-0.25, -0.2) is 0 Å². The number of carbonyl (C=O) groups is 1. The molecule has 1 aromatic heterocycles. The Hall–Kier alpha value is -2.08. The maximum Gasteiger partial charge on any atom is 0.253 e. The average molecular weight is 330 g/mol. The predicted octanol–water partition coefficient (Wildman–Crippen LogP) is 3.29. The van der Waals surface area contributed by atoms with E-state index in [1.807, 2.05) is 63.5 Å². The number of nitrogens with one attached hydrogen (secondary N) is 1. The zero-order valence-corrected chi connectivity index (χ0v) is 14.7. The average Bonchev–Trinajstić information content (AvgIpc) is 2.59. The van der Waals surface area contributed by atoms with E-state index < -0.39 is 0 Å². The summed E-state index contributed by atoms with van der Waals surface area (Å²) in [4.78, 5) is 14.0. The highest BCUT2D eigenvalue weighted by molar-refractivity contribution is 7.98. The van der Waals surface area contributed by atoms with Gasteiger partial charge in [-0.05, 0) is 49.9 Å². The van der Waals surface area contributed by atoms with Crippen molar-refractivity contribution in [3.05, 3.63) is 47.5 Å². The summed E-state index contributed by atoms with van der Waals surface area (Å²) in [5, 5.41) is 12.3. The van der Waals surface area contributed by atoms with E-state index in [1.165, 1.54) is 0 Å². The first-order valence-electron chi connectivity index (χ1n) is 7.49. The van der Waals surface area contributed by atoms with Crippen LogP contribution in [0.15, 0.2) is 41.4 Å². The molecule has 0 spiro atoms. The Morgan fingerprint density at radius 3 is 2.39 bits per heavy atom. The van der Waals surface area contributed by atoms with Crippen LogP contribution in [0.5, 0.6) is 0 Å². The molecule has 0 atom stereocenters. The minimum absolute atomic E-state index is 0.0398. The Balaban J connectivity index is 1.95. The summed E-state index contributed by atoms with van der Waals surface area (Å²) in [5.74, 6) is 0.778. The number of amides is 1. The smallest absolute Gasteiger partial charge is 0.253 e. The van der Waals surface area contributed by atoms with Gasteiger partial charge in [0, 0.05) is 25.2 Å². The molecule has 0 unspecified atom stereocenters. The van der Waals surface area contributed by atoms with E-state index in [0.29, 0.717) is 12.1 Å². The molecule has 0 aliphatic rings. The molecule has 0 saturated heterocycles. The molecule has 2 rings (SSSR count). The van der Waals surface area contributed by atoms with E-state index in [-0.39, 0.29) is 11.9 Å². The van der Waals surface area contributed by atoms with Crippen molar-refractivity contribution in [2.75, 3.05) is 18.6 Å². The van der Waals surface area contributed by atoms with Gasteiger partial charge in [-0.3, -0.25) is 4.79 Å². The van der Waals surface area contributed by atoms with Crippen LogP contribution in [0.3, 0.4) is 0 Å². The Labute approximate surface area is 141 Å². The van der Waals surface area contributed by atoms with Crippen molar-refractivity contribution in [2.24, 2.45) is 0 Å².